The third-order valence-electron chi connectivity index (χ3n) is 3.41. The summed E-state index contributed by atoms with van der Waals surface area (Å²) in [6.45, 7) is 2.85. The van der Waals surface area contributed by atoms with Crippen LogP contribution in [0.25, 0.3) is 0 Å². The van der Waals surface area contributed by atoms with Gasteiger partial charge in [0, 0.05) is 13.1 Å². The smallest absolute Gasteiger partial charge is 0.275 e. The van der Waals surface area contributed by atoms with Gasteiger partial charge in [-0.25, -0.2) is 9.97 Å². The van der Waals surface area contributed by atoms with Crippen LogP contribution in [-0.4, -0.2) is 42.2 Å². The number of nitrogens with zero attached hydrogens (tertiary/aromatic N) is 3. The van der Waals surface area contributed by atoms with Gasteiger partial charge in [-0.3, -0.25) is 4.79 Å². The zero-order chi connectivity index (χ0) is 16.2. The van der Waals surface area contributed by atoms with Crippen LogP contribution in [0.3, 0.4) is 0 Å². The minimum absolute atomic E-state index is 0.207. The lowest BCUT2D eigenvalue weighted by Crippen LogP contribution is -2.36. The van der Waals surface area contributed by atoms with Gasteiger partial charge < -0.3 is 15.0 Å². The van der Waals surface area contributed by atoms with Crippen LogP contribution in [-0.2, 0) is 4.74 Å². The van der Waals surface area contributed by atoms with Crippen molar-refractivity contribution in [2.75, 3.05) is 36.5 Å². The number of nitrogens with one attached hydrogen (secondary N) is 1. The van der Waals surface area contributed by atoms with Crippen molar-refractivity contribution in [2.24, 2.45) is 0 Å². The van der Waals surface area contributed by atoms with E-state index in [0.29, 0.717) is 28.9 Å². The number of rotatable bonds is 3. The van der Waals surface area contributed by atoms with Crippen LogP contribution in [0.1, 0.15) is 10.5 Å². The molecule has 1 amide bonds. The number of anilines is 2. The third kappa shape index (κ3) is 3.72. The number of hydrogen-bond donors (Lipinski definition) is 1. The second-order valence-corrected chi connectivity index (χ2v) is 5.70. The first-order valence-electron chi connectivity index (χ1n) is 7.05. The van der Waals surface area contributed by atoms with Crippen LogP contribution in [0.5, 0.6) is 0 Å². The quantitative estimate of drug-likeness (QED) is 0.919. The minimum Gasteiger partial charge on any atom is -0.378 e. The first kappa shape index (κ1) is 16.0. The molecule has 0 bridgehead atoms. The molecule has 2 heterocycles. The summed E-state index contributed by atoms with van der Waals surface area (Å²) in [6.07, 6.45) is 3.03. The maximum Gasteiger partial charge on any atom is 0.275 e. The molecule has 0 atom stereocenters. The van der Waals surface area contributed by atoms with Gasteiger partial charge in [0.2, 0.25) is 0 Å². The molecule has 6 nitrogen and oxygen atoms in total. The number of ether oxygens (including phenoxy) is 1. The summed E-state index contributed by atoms with van der Waals surface area (Å²) >= 11 is 12.0. The summed E-state index contributed by atoms with van der Waals surface area (Å²) in [6, 6.07) is 5.02. The second-order valence-electron chi connectivity index (χ2n) is 4.91. The van der Waals surface area contributed by atoms with Crippen molar-refractivity contribution in [3.63, 3.8) is 0 Å². The van der Waals surface area contributed by atoms with E-state index < -0.39 is 5.91 Å². The Labute approximate surface area is 143 Å². The predicted octanol–water partition coefficient (Wildman–Crippen LogP) is 2.87. The SMILES string of the molecule is O=C(Nc1cccc(Cl)c1Cl)c1cnc(N2CCOCC2)cn1. The molecule has 1 N–H and O–H groups in total. The molecule has 0 unspecified atom stereocenters. The van der Waals surface area contributed by atoms with Gasteiger partial charge in [-0.1, -0.05) is 29.3 Å². The lowest BCUT2D eigenvalue weighted by atomic mass is 10.3. The first-order chi connectivity index (χ1) is 11.1. The van der Waals surface area contributed by atoms with E-state index in [-0.39, 0.29) is 5.69 Å². The highest BCUT2D eigenvalue weighted by Crippen LogP contribution is 2.29. The monoisotopic (exact) mass is 352 g/mol. The van der Waals surface area contributed by atoms with Crippen molar-refractivity contribution in [1.29, 1.82) is 0 Å². The van der Waals surface area contributed by atoms with Crippen LogP contribution in [0.15, 0.2) is 30.6 Å². The summed E-state index contributed by atoms with van der Waals surface area (Å²) in [5.41, 5.74) is 0.640. The lowest BCUT2D eigenvalue weighted by molar-refractivity contribution is 0.102. The number of carbonyl (C=O) groups is 1. The topological polar surface area (TPSA) is 67.4 Å². The fourth-order valence-corrected chi connectivity index (χ4v) is 2.53. The van der Waals surface area contributed by atoms with E-state index in [1.54, 1.807) is 24.4 Å². The maximum absolute atomic E-state index is 12.2. The van der Waals surface area contributed by atoms with Gasteiger partial charge >= 0.3 is 0 Å². The molecule has 1 aromatic heterocycles. The van der Waals surface area contributed by atoms with Crippen molar-refractivity contribution in [3.8, 4) is 0 Å². The summed E-state index contributed by atoms with van der Waals surface area (Å²) in [7, 11) is 0. The van der Waals surface area contributed by atoms with Crippen molar-refractivity contribution in [1.82, 2.24) is 9.97 Å². The van der Waals surface area contributed by atoms with Crippen LogP contribution in [0.4, 0.5) is 11.5 Å². The van der Waals surface area contributed by atoms with Gasteiger partial charge in [-0.2, -0.15) is 0 Å². The van der Waals surface area contributed by atoms with Crippen LogP contribution in [0, 0.1) is 0 Å². The molecule has 2 aromatic rings. The average Bonchev–Trinajstić information content (AvgIpc) is 2.60. The molecular weight excluding hydrogens is 339 g/mol. The summed E-state index contributed by atoms with van der Waals surface area (Å²) in [5, 5.41) is 3.34. The molecule has 0 aliphatic carbocycles. The molecule has 1 aromatic carbocycles. The van der Waals surface area contributed by atoms with E-state index in [9.17, 15) is 4.79 Å². The number of hydrogen-bond acceptors (Lipinski definition) is 5. The molecule has 1 aliphatic heterocycles. The van der Waals surface area contributed by atoms with Gasteiger partial charge in [-0.05, 0) is 12.1 Å². The molecule has 8 heteroatoms. The van der Waals surface area contributed by atoms with E-state index in [0.717, 1.165) is 18.9 Å². The molecule has 1 aliphatic rings. The third-order valence-corrected chi connectivity index (χ3v) is 4.22. The Hall–Kier alpha value is -1.89. The van der Waals surface area contributed by atoms with E-state index in [1.807, 2.05) is 0 Å². The van der Waals surface area contributed by atoms with Gasteiger partial charge in [-0.15, -0.1) is 0 Å². The Bertz CT molecular complexity index is 703. The Balaban J connectivity index is 1.71. The highest BCUT2D eigenvalue weighted by Gasteiger charge is 2.15. The van der Waals surface area contributed by atoms with E-state index in [2.05, 4.69) is 20.2 Å². The Morgan fingerprint density at radius 1 is 1.17 bits per heavy atom. The average molecular weight is 353 g/mol. The van der Waals surface area contributed by atoms with Crippen molar-refractivity contribution in [3.05, 3.63) is 46.3 Å². The number of morpholine rings is 1. The van der Waals surface area contributed by atoms with E-state index in [4.69, 9.17) is 27.9 Å². The first-order valence-corrected chi connectivity index (χ1v) is 7.81. The van der Waals surface area contributed by atoms with Crippen molar-refractivity contribution >= 4 is 40.6 Å². The molecule has 23 heavy (non-hydrogen) atoms. The maximum atomic E-state index is 12.2. The number of benzene rings is 1. The minimum atomic E-state index is -0.393. The van der Waals surface area contributed by atoms with Gasteiger partial charge in [0.15, 0.2) is 0 Å². The summed E-state index contributed by atoms with van der Waals surface area (Å²) < 4.78 is 5.29. The van der Waals surface area contributed by atoms with E-state index >= 15 is 0 Å². The van der Waals surface area contributed by atoms with Crippen LogP contribution in [0.2, 0.25) is 10.0 Å². The zero-order valence-electron chi connectivity index (χ0n) is 12.1. The van der Waals surface area contributed by atoms with Crippen LogP contribution < -0.4 is 10.2 Å². The zero-order valence-corrected chi connectivity index (χ0v) is 13.6. The Morgan fingerprint density at radius 3 is 2.65 bits per heavy atom. The second kappa shape index (κ2) is 7.12. The fraction of sp³-hybridized carbons (Fsp3) is 0.267. The number of halogens is 2. The van der Waals surface area contributed by atoms with Crippen LogP contribution >= 0.6 is 23.2 Å². The lowest BCUT2D eigenvalue weighted by Gasteiger charge is -2.27. The normalized spacial score (nSPS) is 14.6. The highest BCUT2D eigenvalue weighted by atomic mass is 35.5. The molecule has 1 fully saturated rings. The molecule has 0 saturated carbocycles. The molecule has 3 rings (SSSR count). The number of carbonyl (C=O) groups excluding carboxylic acids is 1. The van der Waals surface area contributed by atoms with Gasteiger partial charge in [0.1, 0.15) is 11.5 Å². The Kier molecular flexibility index (Phi) is 4.95. The molecule has 0 radical (unpaired) electrons. The van der Waals surface area contributed by atoms with Crippen molar-refractivity contribution in [2.45, 2.75) is 0 Å². The summed E-state index contributed by atoms with van der Waals surface area (Å²) in [5.74, 6) is 0.334. The molecular formula is C15H14Cl2N4O2. The number of amides is 1. The van der Waals surface area contributed by atoms with Gasteiger partial charge in [0.25, 0.3) is 5.91 Å². The largest absolute Gasteiger partial charge is 0.378 e. The van der Waals surface area contributed by atoms with Crippen molar-refractivity contribution < 1.29 is 9.53 Å². The predicted molar refractivity (Wildman–Crippen MR) is 89.5 cm³/mol. The standard InChI is InChI=1S/C15H14Cl2N4O2/c16-10-2-1-3-11(14(10)17)20-15(22)12-8-19-13(9-18-12)21-4-6-23-7-5-21/h1-3,8-9H,4-7H2,(H,20,22). The highest BCUT2D eigenvalue weighted by molar-refractivity contribution is 6.44. The molecule has 0 spiro atoms. The Morgan fingerprint density at radius 2 is 1.96 bits per heavy atom. The fourth-order valence-electron chi connectivity index (χ4n) is 2.18. The molecule has 1 saturated heterocycles. The summed E-state index contributed by atoms with van der Waals surface area (Å²) in [4.78, 5) is 22.7. The van der Waals surface area contributed by atoms with Gasteiger partial charge in [0.05, 0.1) is 41.3 Å². The molecule has 120 valence electrons. The number of aromatic nitrogens is 2. The van der Waals surface area contributed by atoms with E-state index in [1.165, 1.54) is 6.20 Å².